The molecule has 2 rings (SSSR count). The highest BCUT2D eigenvalue weighted by Gasteiger charge is 2.08. The van der Waals surface area contributed by atoms with Gasteiger partial charge in [-0.25, -0.2) is 0 Å². The van der Waals surface area contributed by atoms with Gasteiger partial charge in [-0.2, -0.15) is 11.8 Å². The maximum atomic E-state index is 12.0. The van der Waals surface area contributed by atoms with Gasteiger partial charge in [-0.05, 0) is 29.7 Å². The van der Waals surface area contributed by atoms with Crippen LogP contribution in [0, 0.1) is 0 Å². The molecular weight excluding hydrogens is 278 g/mol. The fraction of sp³-hybridized carbons (Fsp3) is 0.357. The average molecular weight is 295 g/mol. The van der Waals surface area contributed by atoms with Crippen molar-refractivity contribution in [3.63, 3.8) is 0 Å². The molecule has 5 heteroatoms. The number of benzene rings is 1. The molecule has 102 valence electrons. The van der Waals surface area contributed by atoms with E-state index in [1.165, 1.54) is 11.3 Å². The van der Waals surface area contributed by atoms with Gasteiger partial charge in [0.15, 0.2) is 0 Å². The molecule has 0 fully saturated rings. The summed E-state index contributed by atoms with van der Waals surface area (Å²) < 4.78 is 1.14. The monoisotopic (exact) mass is 295 g/mol. The number of amides is 1. The van der Waals surface area contributed by atoms with E-state index in [1.54, 1.807) is 11.8 Å². The van der Waals surface area contributed by atoms with Crippen LogP contribution >= 0.6 is 23.1 Å². The molecule has 1 heterocycles. The molecule has 19 heavy (non-hydrogen) atoms. The standard InChI is InChI=1S/C14H17NO2S2/c16-7-3-8-18-9-6-15-14(17)13-10-11-4-1-2-5-12(11)19-13/h1-2,4-5,10,16H,3,6-9H2,(H,15,17). The quantitative estimate of drug-likeness (QED) is 0.772. The van der Waals surface area contributed by atoms with Crippen LogP contribution in [0.25, 0.3) is 10.1 Å². The summed E-state index contributed by atoms with van der Waals surface area (Å²) >= 11 is 3.27. The fourth-order valence-corrected chi connectivity index (χ4v) is 3.45. The number of thiophene rings is 1. The molecule has 0 saturated heterocycles. The topological polar surface area (TPSA) is 49.3 Å². The van der Waals surface area contributed by atoms with Crippen LogP contribution in [0.15, 0.2) is 30.3 Å². The van der Waals surface area contributed by atoms with Crippen molar-refractivity contribution in [2.45, 2.75) is 6.42 Å². The maximum absolute atomic E-state index is 12.0. The van der Waals surface area contributed by atoms with E-state index >= 15 is 0 Å². The lowest BCUT2D eigenvalue weighted by atomic mass is 10.2. The first-order valence-electron chi connectivity index (χ1n) is 6.26. The molecule has 0 aliphatic carbocycles. The van der Waals surface area contributed by atoms with Crippen molar-refractivity contribution >= 4 is 39.1 Å². The maximum Gasteiger partial charge on any atom is 0.261 e. The molecule has 0 bridgehead atoms. The van der Waals surface area contributed by atoms with Crippen molar-refractivity contribution in [3.8, 4) is 0 Å². The summed E-state index contributed by atoms with van der Waals surface area (Å²) in [6.45, 7) is 0.907. The number of hydrogen-bond acceptors (Lipinski definition) is 4. The van der Waals surface area contributed by atoms with Crippen molar-refractivity contribution in [1.29, 1.82) is 0 Å². The van der Waals surface area contributed by atoms with Crippen molar-refractivity contribution in [2.24, 2.45) is 0 Å². The Labute approximate surface area is 121 Å². The van der Waals surface area contributed by atoms with Crippen molar-refractivity contribution < 1.29 is 9.90 Å². The summed E-state index contributed by atoms with van der Waals surface area (Å²) in [5.41, 5.74) is 0. The molecule has 1 aromatic heterocycles. The van der Waals surface area contributed by atoms with Crippen molar-refractivity contribution in [3.05, 3.63) is 35.2 Å². The second-order valence-electron chi connectivity index (χ2n) is 4.09. The SMILES string of the molecule is O=C(NCCSCCCO)c1cc2ccccc2s1. The molecule has 0 unspecified atom stereocenters. The molecule has 3 nitrogen and oxygen atoms in total. The third kappa shape index (κ3) is 4.23. The molecule has 0 aliphatic heterocycles. The highest BCUT2D eigenvalue weighted by molar-refractivity contribution is 7.99. The van der Waals surface area contributed by atoms with E-state index in [0.717, 1.165) is 32.9 Å². The largest absolute Gasteiger partial charge is 0.396 e. The molecule has 2 aromatic rings. The van der Waals surface area contributed by atoms with Crippen LogP contribution in [-0.4, -0.2) is 35.7 Å². The normalized spacial score (nSPS) is 10.8. The van der Waals surface area contributed by atoms with Gasteiger partial charge >= 0.3 is 0 Å². The van der Waals surface area contributed by atoms with E-state index in [1.807, 2.05) is 30.3 Å². The predicted molar refractivity (Wildman–Crippen MR) is 83.2 cm³/mol. The first kappa shape index (κ1) is 14.4. The number of rotatable bonds is 7. The predicted octanol–water partition coefficient (Wildman–Crippen LogP) is 2.75. The van der Waals surface area contributed by atoms with Crippen LogP contribution in [-0.2, 0) is 0 Å². The molecule has 0 spiro atoms. The van der Waals surface area contributed by atoms with Gasteiger partial charge in [0.25, 0.3) is 5.91 Å². The van der Waals surface area contributed by atoms with Crippen LogP contribution in [0.5, 0.6) is 0 Å². The molecular formula is C14H17NO2S2. The van der Waals surface area contributed by atoms with Gasteiger partial charge in [-0.15, -0.1) is 11.3 Å². The van der Waals surface area contributed by atoms with Crippen molar-refractivity contribution in [2.75, 3.05) is 24.7 Å². The minimum absolute atomic E-state index is 0.00366. The lowest BCUT2D eigenvalue weighted by Gasteiger charge is -2.02. The van der Waals surface area contributed by atoms with Crippen LogP contribution in [0.3, 0.4) is 0 Å². The number of aliphatic hydroxyl groups is 1. The van der Waals surface area contributed by atoms with Gasteiger partial charge in [-0.1, -0.05) is 18.2 Å². The molecule has 1 aromatic carbocycles. The summed E-state index contributed by atoms with van der Waals surface area (Å²) in [7, 11) is 0. The highest BCUT2D eigenvalue weighted by atomic mass is 32.2. The molecule has 0 atom stereocenters. The zero-order chi connectivity index (χ0) is 13.5. The summed E-state index contributed by atoms with van der Waals surface area (Å²) in [4.78, 5) is 12.7. The van der Waals surface area contributed by atoms with Crippen LogP contribution in [0.4, 0.5) is 0 Å². The highest BCUT2D eigenvalue weighted by Crippen LogP contribution is 2.24. The third-order valence-corrected chi connectivity index (χ3v) is 4.81. The molecule has 0 aliphatic rings. The first-order valence-corrected chi connectivity index (χ1v) is 8.24. The number of hydrogen-bond donors (Lipinski definition) is 2. The minimum atomic E-state index is 0.00366. The van der Waals surface area contributed by atoms with E-state index in [0.29, 0.717) is 6.54 Å². The van der Waals surface area contributed by atoms with Gasteiger partial charge in [-0.3, -0.25) is 4.79 Å². The van der Waals surface area contributed by atoms with Crippen LogP contribution < -0.4 is 5.32 Å². The van der Waals surface area contributed by atoms with Gasteiger partial charge in [0.2, 0.25) is 0 Å². The van der Waals surface area contributed by atoms with E-state index in [2.05, 4.69) is 5.32 Å². The Morgan fingerprint density at radius 2 is 2.16 bits per heavy atom. The van der Waals surface area contributed by atoms with E-state index in [-0.39, 0.29) is 12.5 Å². The lowest BCUT2D eigenvalue weighted by molar-refractivity contribution is 0.0960. The Balaban J connectivity index is 1.79. The van der Waals surface area contributed by atoms with Gasteiger partial charge in [0.1, 0.15) is 0 Å². The zero-order valence-corrected chi connectivity index (χ0v) is 12.2. The average Bonchev–Trinajstić information content (AvgIpc) is 2.86. The summed E-state index contributed by atoms with van der Waals surface area (Å²) in [6.07, 6.45) is 0.814. The Kier molecular flexibility index (Phi) is 5.69. The second-order valence-corrected chi connectivity index (χ2v) is 6.40. The number of thioether (sulfide) groups is 1. The number of nitrogens with one attached hydrogen (secondary N) is 1. The van der Waals surface area contributed by atoms with E-state index in [9.17, 15) is 4.79 Å². The summed E-state index contributed by atoms with van der Waals surface area (Å²) in [5, 5.41) is 12.7. The number of aliphatic hydroxyl groups excluding tert-OH is 1. The third-order valence-electron chi connectivity index (χ3n) is 2.63. The summed E-state index contributed by atoms with van der Waals surface area (Å²) in [5.74, 6) is 1.83. The Morgan fingerprint density at radius 3 is 2.95 bits per heavy atom. The minimum Gasteiger partial charge on any atom is -0.396 e. The number of fused-ring (bicyclic) bond motifs is 1. The smallest absolute Gasteiger partial charge is 0.261 e. The lowest BCUT2D eigenvalue weighted by Crippen LogP contribution is -2.24. The fourth-order valence-electron chi connectivity index (χ4n) is 1.69. The van der Waals surface area contributed by atoms with Crippen LogP contribution in [0.2, 0.25) is 0 Å². The summed E-state index contributed by atoms with van der Waals surface area (Å²) in [6, 6.07) is 9.95. The first-order chi connectivity index (χ1) is 9.31. The zero-order valence-electron chi connectivity index (χ0n) is 10.6. The molecule has 0 saturated carbocycles. The second kappa shape index (κ2) is 7.53. The number of carbonyl (C=O) groups excluding carboxylic acids is 1. The van der Waals surface area contributed by atoms with Crippen LogP contribution in [0.1, 0.15) is 16.1 Å². The molecule has 2 N–H and O–H groups in total. The molecule has 1 amide bonds. The van der Waals surface area contributed by atoms with Gasteiger partial charge in [0, 0.05) is 23.6 Å². The van der Waals surface area contributed by atoms with Gasteiger partial charge < -0.3 is 10.4 Å². The number of carbonyl (C=O) groups is 1. The Morgan fingerprint density at radius 1 is 1.32 bits per heavy atom. The Bertz CT molecular complexity index is 506. The molecule has 0 radical (unpaired) electrons. The van der Waals surface area contributed by atoms with E-state index in [4.69, 9.17) is 5.11 Å². The Hall–Kier alpha value is -1.04. The van der Waals surface area contributed by atoms with Gasteiger partial charge in [0.05, 0.1) is 4.88 Å². The van der Waals surface area contributed by atoms with Crippen molar-refractivity contribution in [1.82, 2.24) is 5.32 Å². The van der Waals surface area contributed by atoms with E-state index < -0.39 is 0 Å².